The van der Waals surface area contributed by atoms with Crippen molar-refractivity contribution < 1.29 is 47.7 Å². The van der Waals surface area contributed by atoms with Crippen molar-refractivity contribution in [1.29, 1.82) is 0 Å². The van der Waals surface area contributed by atoms with Crippen molar-refractivity contribution in [3.05, 3.63) is 0 Å². The van der Waals surface area contributed by atoms with Gasteiger partial charge in [-0.05, 0) is 80.1 Å². The Morgan fingerprint density at radius 2 is 1.15 bits per heavy atom. The molecule has 0 aliphatic carbocycles. The van der Waals surface area contributed by atoms with Crippen LogP contribution >= 0.6 is 0 Å². The molecule has 0 fully saturated rings. The zero-order valence-electron chi connectivity index (χ0n) is 29.6. The van der Waals surface area contributed by atoms with Crippen molar-refractivity contribution in [1.82, 2.24) is 21.3 Å². The largest absolute Gasteiger partial charge is 0.458 e. The maximum atomic E-state index is 13.5. The number of rotatable bonds is 25. The molecule has 0 spiro atoms. The minimum absolute atomic E-state index is 0.0161. The molecule has 0 aromatic heterocycles. The van der Waals surface area contributed by atoms with Gasteiger partial charge in [0.25, 0.3) is 0 Å². The number of amides is 4. The van der Waals surface area contributed by atoms with Gasteiger partial charge in [-0.2, -0.15) is 0 Å². The highest BCUT2D eigenvalue weighted by molar-refractivity contribution is 5.90. The highest BCUT2D eigenvalue weighted by atomic mass is 16.6. The Kier molecular flexibility index (Phi) is 23.5. The molecule has 0 aromatic rings. The van der Waals surface area contributed by atoms with Gasteiger partial charge in [-0.1, -0.05) is 0 Å². The fourth-order valence-electron chi connectivity index (χ4n) is 3.94. The van der Waals surface area contributed by atoms with Crippen LogP contribution in [0.5, 0.6) is 0 Å². The zero-order chi connectivity index (χ0) is 35.7. The molecule has 6 N–H and O–H groups in total. The summed E-state index contributed by atoms with van der Waals surface area (Å²) >= 11 is 0. The lowest BCUT2D eigenvalue weighted by Crippen LogP contribution is -2.52. The molecule has 0 aromatic carbocycles. The molecule has 15 nitrogen and oxygen atoms in total. The number of nitrogens with one attached hydrogen (secondary N) is 4. The number of alkyl carbamates (subject to hydrolysis) is 1. The number of unbranched alkanes of at least 4 members (excludes halogenated alkanes) is 2. The number of ether oxygens (including phenoxy) is 5. The van der Waals surface area contributed by atoms with E-state index >= 15 is 0 Å². The Morgan fingerprint density at radius 1 is 0.638 bits per heavy atom. The fraction of sp³-hybridized carbons (Fsp3) is 0.844. The second kappa shape index (κ2) is 25.1. The molecule has 0 rings (SSSR count). The number of carbonyl (C=O) groups excluding carboxylic acids is 5. The van der Waals surface area contributed by atoms with Crippen LogP contribution in [0.1, 0.15) is 93.4 Å². The van der Waals surface area contributed by atoms with Gasteiger partial charge in [0, 0.05) is 33.0 Å². The van der Waals surface area contributed by atoms with Gasteiger partial charge < -0.3 is 50.7 Å². The average Bonchev–Trinajstić information content (AvgIpc) is 2.94. The lowest BCUT2D eigenvalue weighted by molar-refractivity contribution is -0.159. The topological polar surface area (TPSA) is 206 Å². The summed E-state index contributed by atoms with van der Waals surface area (Å²) in [5.74, 6) is -1.65. The standard InChI is InChI=1S/C32H61N5O10/c1-24(38)34-16-10-9-13-26(29(41)46-31(2,3)4)37-28(40)25(12-8-11-17-35-30(42)47-32(5,6)7)36-27(39)14-18-43-20-22-45-23-21-44-19-15-33/h25-26H,8-23,33H2,1-7H3,(H,34,38)(H,35,42)(H,36,39)(H,37,40)/t25-,26-/m0/s1. The minimum Gasteiger partial charge on any atom is -0.458 e. The summed E-state index contributed by atoms with van der Waals surface area (Å²) in [7, 11) is 0. The third-order valence-electron chi connectivity index (χ3n) is 6.02. The van der Waals surface area contributed by atoms with E-state index in [1.165, 1.54) is 6.92 Å². The van der Waals surface area contributed by atoms with Crippen LogP contribution in [-0.2, 0) is 42.9 Å². The molecule has 0 bridgehead atoms. The summed E-state index contributed by atoms with van der Waals surface area (Å²) in [5, 5.41) is 10.9. The van der Waals surface area contributed by atoms with Crippen LogP contribution in [0.25, 0.3) is 0 Å². The number of esters is 1. The first-order chi connectivity index (χ1) is 22.0. The Hall–Kier alpha value is -3.01. The number of carbonyl (C=O) groups is 5. The molecule has 0 saturated heterocycles. The first-order valence-electron chi connectivity index (χ1n) is 16.5. The van der Waals surface area contributed by atoms with Crippen LogP contribution in [0, 0.1) is 0 Å². The maximum Gasteiger partial charge on any atom is 0.407 e. The van der Waals surface area contributed by atoms with Gasteiger partial charge in [-0.3, -0.25) is 14.4 Å². The molecule has 0 radical (unpaired) electrons. The Balaban J connectivity index is 5.18. The molecular weight excluding hydrogens is 614 g/mol. The van der Waals surface area contributed by atoms with Crippen molar-refractivity contribution in [2.45, 2.75) is 117 Å². The molecular formula is C32H61N5O10. The van der Waals surface area contributed by atoms with Gasteiger partial charge in [0.2, 0.25) is 17.7 Å². The third kappa shape index (κ3) is 27.8. The van der Waals surface area contributed by atoms with Crippen molar-refractivity contribution in [2.24, 2.45) is 5.73 Å². The Labute approximate surface area is 280 Å². The van der Waals surface area contributed by atoms with E-state index in [0.29, 0.717) is 71.7 Å². The van der Waals surface area contributed by atoms with Crippen molar-refractivity contribution in [3.63, 3.8) is 0 Å². The van der Waals surface area contributed by atoms with Gasteiger partial charge in [0.05, 0.1) is 39.6 Å². The molecule has 0 saturated carbocycles. The van der Waals surface area contributed by atoms with Crippen LogP contribution < -0.4 is 27.0 Å². The second-order valence-electron chi connectivity index (χ2n) is 13.0. The molecule has 15 heteroatoms. The highest BCUT2D eigenvalue weighted by Crippen LogP contribution is 2.13. The van der Waals surface area contributed by atoms with Crippen LogP contribution in [0.4, 0.5) is 4.79 Å². The molecule has 47 heavy (non-hydrogen) atoms. The highest BCUT2D eigenvalue weighted by Gasteiger charge is 2.29. The van der Waals surface area contributed by atoms with E-state index in [2.05, 4.69) is 21.3 Å². The second-order valence-corrected chi connectivity index (χ2v) is 13.0. The summed E-state index contributed by atoms with van der Waals surface area (Å²) in [6.07, 6.45) is 2.19. The number of hydrogen-bond donors (Lipinski definition) is 5. The van der Waals surface area contributed by atoms with Crippen LogP contribution in [0.3, 0.4) is 0 Å². The summed E-state index contributed by atoms with van der Waals surface area (Å²) in [4.78, 5) is 62.4. The molecule has 4 amide bonds. The molecule has 2 atom stereocenters. The lowest BCUT2D eigenvalue weighted by Gasteiger charge is -2.26. The van der Waals surface area contributed by atoms with Crippen LogP contribution in [-0.4, -0.2) is 112 Å². The Bertz CT molecular complexity index is 921. The van der Waals surface area contributed by atoms with E-state index in [-0.39, 0.29) is 38.4 Å². The van der Waals surface area contributed by atoms with E-state index in [1.807, 2.05) is 0 Å². The van der Waals surface area contributed by atoms with Gasteiger partial charge in [-0.25, -0.2) is 9.59 Å². The fourth-order valence-corrected chi connectivity index (χ4v) is 3.94. The van der Waals surface area contributed by atoms with Crippen molar-refractivity contribution in [2.75, 3.05) is 59.3 Å². The Morgan fingerprint density at radius 3 is 1.68 bits per heavy atom. The molecule has 0 aliphatic rings. The number of hydrogen-bond acceptors (Lipinski definition) is 11. The van der Waals surface area contributed by atoms with E-state index < -0.39 is 47.2 Å². The maximum absolute atomic E-state index is 13.5. The smallest absolute Gasteiger partial charge is 0.407 e. The minimum atomic E-state index is -0.948. The summed E-state index contributed by atoms with van der Waals surface area (Å²) in [6, 6.07) is -1.89. The van der Waals surface area contributed by atoms with E-state index in [1.54, 1.807) is 41.5 Å². The van der Waals surface area contributed by atoms with Gasteiger partial charge >= 0.3 is 12.1 Å². The zero-order valence-corrected chi connectivity index (χ0v) is 29.6. The van der Waals surface area contributed by atoms with Crippen molar-refractivity contribution >= 4 is 29.8 Å². The van der Waals surface area contributed by atoms with Gasteiger partial charge in [0.1, 0.15) is 23.3 Å². The predicted octanol–water partition coefficient (Wildman–Crippen LogP) is 1.70. The molecule has 274 valence electrons. The van der Waals surface area contributed by atoms with Crippen LogP contribution in [0.2, 0.25) is 0 Å². The first-order valence-corrected chi connectivity index (χ1v) is 16.5. The van der Waals surface area contributed by atoms with Gasteiger partial charge in [-0.15, -0.1) is 0 Å². The first kappa shape index (κ1) is 44.0. The van der Waals surface area contributed by atoms with E-state index in [0.717, 1.165) is 0 Å². The predicted molar refractivity (Wildman–Crippen MR) is 176 cm³/mol. The monoisotopic (exact) mass is 675 g/mol. The van der Waals surface area contributed by atoms with E-state index in [4.69, 9.17) is 29.4 Å². The lowest BCUT2D eigenvalue weighted by atomic mass is 10.1. The SMILES string of the molecule is CC(=O)NCCCC[C@H](NC(=O)[C@H](CCCCNC(=O)OC(C)(C)C)NC(=O)CCOCCOCCOCCN)C(=O)OC(C)(C)C. The molecule has 0 unspecified atom stereocenters. The number of nitrogens with two attached hydrogens (primary N) is 1. The summed E-state index contributed by atoms with van der Waals surface area (Å²) in [5.41, 5.74) is 3.97. The summed E-state index contributed by atoms with van der Waals surface area (Å²) in [6.45, 7) is 15.2. The summed E-state index contributed by atoms with van der Waals surface area (Å²) < 4.78 is 26.9. The molecule has 0 aliphatic heterocycles. The van der Waals surface area contributed by atoms with Gasteiger partial charge in [0.15, 0.2) is 0 Å². The third-order valence-corrected chi connectivity index (χ3v) is 6.02. The van der Waals surface area contributed by atoms with Crippen LogP contribution in [0.15, 0.2) is 0 Å². The quantitative estimate of drug-likeness (QED) is 0.0696. The normalized spacial score (nSPS) is 12.9. The molecule has 0 heterocycles. The van der Waals surface area contributed by atoms with Crippen molar-refractivity contribution in [3.8, 4) is 0 Å². The van der Waals surface area contributed by atoms with E-state index in [9.17, 15) is 24.0 Å². The average molecular weight is 676 g/mol.